The summed E-state index contributed by atoms with van der Waals surface area (Å²) in [5.74, 6) is -1.20. The monoisotopic (exact) mass is 517 g/mol. The van der Waals surface area contributed by atoms with Gasteiger partial charge >= 0.3 is 11.4 Å². The molecule has 0 bridgehead atoms. The van der Waals surface area contributed by atoms with E-state index in [-0.39, 0.29) is 30.3 Å². The highest BCUT2D eigenvalue weighted by atomic mass is 127. The van der Waals surface area contributed by atoms with Gasteiger partial charge in [0.05, 0.1) is 16.2 Å². The summed E-state index contributed by atoms with van der Waals surface area (Å²) in [7, 11) is 1.41. The Labute approximate surface area is 183 Å². The average Bonchev–Trinajstić information content (AvgIpc) is 2.95. The Morgan fingerprint density at radius 1 is 1.10 bits per heavy atom. The predicted octanol–water partition coefficient (Wildman–Crippen LogP) is 1.49. The van der Waals surface area contributed by atoms with E-state index in [9.17, 15) is 24.3 Å². The summed E-state index contributed by atoms with van der Waals surface area (Å²) < 4.78 is 4.07. The first kappa shape index (κ1) is 19.0. The molecule has 1 aromatic heterocycles. The second kappa shape index (κ2) is 6.53. The topological polar surface area (TPSA) is 103 Å². The van der Waals surface area contributed by atoms with Crippen LogP contribution in [0, 0.1) is 0 Å². The molecular weight excluding hydrogens is 501 g/mol. The lowest BCUT2D eigenvalue weighted by Gasteiger charge is -2.39. The molecule has 0 spiro atoms. The molecule has 30 heavy (non-hydrogen) atoms. The number of fused-ring (bicyclic) bond motifs is 3. The molecule has 0 saturated heterocycles. The van der Waals surface area contributed by atoms with Crippen molar-refractivity contribution in [2.75, 3.05) is 0 Å². The highest BCUT2D eigenvalue weighted by Crippen LogP contribution is 2.51. The van der Waals surface area contributed by atoms with Gasteiger partial charge < -0.3 is 5.11 Å². The first-order chi connectivity index (χ1) is 14.3. The molecule has 1 aliphatic heterocycles. The van der Waals surface area contributed by atoms with Gasteiger partial charge in [-0.25, -0.2) is 23.5 Å². The Bertz CT molecular complexity index is 1370. The van der Waals surface area contributed by atoms with Gasteiger partial charge in [0.15, 0.2) is 11.6 Å². The molecule has 5 rings (SSSR count). The Hall–Kier alpha value is -2.95. The van der Waals surface area contributed by atoms with Crippen molar-refractivity contribution in [3.63, 3.8) is 0 Å². The molecule has 0 saturated carbocycles. The number of Topliss-reactive ketones (excluding diaryl/α,β-unsaturated/α-hetero) is 1. The summed E-state index contributed by atoms with van der Waals surface area (Å²) >= 11 is 1.86. The third-order valence-electron chi connectivity index (χ3n) is 6.04. The number of rotatable bonds is 1. The summed E-state index contributed by atoms with van der Waals surface area (Å²) in [6.45, 7) is 0.169. The number of phenolic OH excluding ortho intramolecular Hbond substituents is 1. The number of carbonyl (C=O) groups excluding carboxylic acids is 2. The lowest BCUT2D eigenvalue weighted by Crippen LogP contribution is -2.40. The van der Waals surface area contributed by atoms with Crippen molar-refractivity contribution in [1.82, 2.24) is 13.9 Å². The van der Waals surface area contributed by atoms with Gasteiger partial charge in [0.25, 0.3) is 0 Å². The van der Waals surface area contributed by atoms with E-state index in [1.165, 1.54) is 28.6 Å². The van der Waals surface area contributed by atoms with Crippen LogP contribution in [0.25, 0.3) is 0 Å². The number of benzene rings is 1. The summed E-state index contributed by atoms with van der Waals surface area (Å²) in [5, 5.41) is 10.6. The predicted molar refractivity (Wildman–Crippen MR) is 116 cm³/mol. The maximum absolute atomic E-state index is 13.1. The van der Waals surface area contributed by atoms with Crippen molar-refractivity contribution in [1.29, 1.82) is 0 Å². The number of phenols is 1. The summed E-state index contributed by atoms with van der Waals surface area (Å²) in [5.41, 5.74) is 0.983. The smallest absolute Gasteiger partial charge is 0.347 e. The Morgan fingerprint density at radius 3 is 2.57 bits per heavy atom. The number of hydrogen-bond donors (Lipinski definition) is 1. The van der Waals surface area contributed by atoms with Crippen molar-refractivity contribution in [3.8, 4) is 5.75 Å². The number of halogens is 1. The minimum absolute atomic E-state index is 0.00378. The Morgan fingerprint density at radius 2 is 1.83 bits per heavy atom. The van der Waals surface area contributed by atoms with Crippen LogP contribution in [0.5, 0.6) is 5.75 Å². The van der Waals surface area contributed by atoms with Crippen molar-refractivity contribution >= 4 is 34.2 Å². The zero-order valence-corrected chi connectivity index (χ0v) is 18.0. The van der Waals surface area contributed by atoms with Gasteiger partial charge in [-0.15, -0.1) is 0 Å². The van der Waals surface area contributed by atoms with E-state index in [0.29, 0.717) is 20.3 Å². The third kappa shape index (κ3) is 2.44. The number of nitrogens with zero attached hydrogens (tertiary/aromatic N) is 3. The molecule has 2 aliphatic carbocycles. The zero-order valence-electron chi connectivity index (χ0n) is 15.8. The molecule has 152 valence electrons. The number of allylic oxidation sites excluding steroid dienone is 6. The number of para-hydroxylation sites is 1. The number of carbonyl (C=O) groups is 2. The minimum Gasteiger partial charge on any atom is -0.508 e. The van der Waals surface area contributed by atoms with Crippen LogP contribution in [0.3, 0.4) is 0 Å². The van der Waals surface area contributed by atoms with Gasteiger partial charge in [0.1, 0.15) is 5.75 Å². The average molecular weight is 517 g/mol. The normalized spacial score (nSPS) is 22.9. The lowest BCUT2D eigenvalue weighted by molar-refractivity contribution is -0.115. The second-order valence-electron chi connectivity index (χ2n) is 7.54. The maximum atomic E-state index is 13.1. The number of aromatic nitrogens is 3. The van der Waals surface area contributed by atoms with Crippen LogP contribution < -0.4 is 11.4 Å². The van der Waals surface area contributed by atoms with Gasteiger partial charge in [-0.1, -0.05) is 24.3 Å². The van der Waals surface area contributed by atoms with Gasteiger partial charge in [-0.05, 0) is 34.2 Å². The van der Waals surface area contributed by atoms with E-state index in [4.69, 9.17) is 0 Å². The first-order valence-corrected chi connectivity index (χ1v) is 10.4. The quantitative estimate of drug-likeness (QED) is 0.351. The van der Waals surface area contributed by atoms with Gasteiger partial charge in [-0.3, -0.25) is 9.59 Å². The molecule has 1 N–H and O–H groups in total. The second-order valence-corrected chi connectivity index (χ2v) is 8.71. The van der Waals surface area contributed by atoms with Crippen LogP contribution in [0.2, 0.25) is 0 Å². The van der Waals surface area contributed by atoms with E-state index in [0.717, 1.165) is 10.1 Å². The largest absolute Gasteiger partial charge is 0.508 e. The molecular formula is C21H16IN3O5. The van der Waals surface area contributed by atoms with Gasteiger partial charge in [0, 0.05) is 42.2 Å². The summed E-state index contributed by atoms with van der Waals surface area (Å²) in [6.07, 6.45) is 3.27. The van der Waals surface area contributed by atoms with E-state index < -0.39 is 23.3 Å². The lowest BCUT2D eigenvalue weighted by atomic mass is 9.68. The molecule has 2 aromatic rings. The molecule has 1 aromatic carbocycles. The molecule has 0 radical (unpaired) electrons. The fraction of sp³-hybridized carbons (Fsp3) is 0.238. The number of hydrogen-bond acceptors (Lipinski definition) is 5. The van der Waals surface area contributed by atoms with Crippen molar-refractivity contribution < 1.29 is 14.7 Å². The molecule has 2 heterocycles. The third-order valence-corrected chi connectivity index (χ3v) is 6.84. The maximum Gasteiger partial charge on any atom is 0.347 e. The molecule has 0 unspecified atom stereocenters. The number of ketones is 2. The Kier molecular flexibility index (Phi) is 4.14. The molecule has 8 nitrogen and oxygen atoms in total. The van der Waals surface area contributed by atoms with Crippen LogP contribution >= 0.6 is 22.6 Å². The van der Waals surface area contributed by atoms with Crippen LogP contribution in [-0.2, 0) is 23.2 Å². The van der Waals surface area contributed by atoms with Crippen LogP contribution in [0.4, 0.5) is 0 Å². The first-order valence-electron chi connectivity index (χ1n) is 9.36. The highest BCUT2D eigenvalue weighted by molar-refractivity contribution is 14.1. The van der Waals surface area contributed by atoms with E-state index in [1.807, 2.05) is 28.7 Å². The molecule has 2 atom stereocenters. The SMILES string of the molecule is Cn1c(=O)n2n(c1=O)[C@@H]1CC3=C(C(=O)C(I)=CC3=O)[C@@H](c3ccccc3O)C1=CC2. The van der Waals surface area contributed by atoms with Crippen molar-refractivity contribution in [3.05, 3.63) is 83.2 Å². The van der Waals surface area contributed by atoms with Crippen LogP contribution in [0.15, 0.2) is 66.3 Å². The minimum atomic E-state index is -0.675. The van der Waals surface area contributed by atoms with Crippen LogP contribution in [0.1, 0.15) is 23.9 Å². The molecule has 9 heteroatoms. The highest BCUT2D eigenvalue weighted by Gasteiger charge is 2.45. The Balaban J connectivity index is 1.81. The zero-order chi connectivity index (χ0) is 21.3. The summed E-state index contributed by atoms with van der Waals surface area (Å²) in [6, 6.07) is 6.09. The van der Waals surface area contributed by atoms with E-state index >= 15 is 0 Å². The molecule has 0 fully saturated rings. The standard InChI is InChI=1S/C21H16IN3O5/c1-23-20(29)24-7-6-10-14(25(24)21(23)30)8-12-16(27)9-13(22)19(28)18(12)17(10)11-4-2-3-5-15(11)26/h2-6,9,14,17,26H,7-8H2,1H3/t14-,17-/m1/s1. The van der Waals surface area contributed by atoms with Gasteiger partial charge in [-0.2, -0.15) is 0 Å². The van der Waals surface area contributed by atoms with E-state index in [2.05, 4.69) is 0 Å². The van der Waals surface area contributed by atoms with Crippen molar-refractivity contribution in [2.45, 2.75) is 24.9 Å². The van der Waals surface area contributed by atoms with Crippen molar-refractivity contribution in [2.24, 2.45) is 7.05 Å². The molecule has 0 amide bonds. The molecule has 3 aliphatic rings. The number of aromatic hydroxyl groups is 1. The fourth-order valence-electron chi connectivity index (χ4n) is 4.66. The fourth-order valence-corrected chi connectivity index (χ4v) is 5.24. The summed E-state index contributed by atoms with van der Waals surface area (Å²) in [4.78, 5) is 51.2. The van der Waals surface area contributed by atoms with E-state index in [1.54, 1.807) is 18.2 Å². The van der Waals surface area contributed by atoms with Crippen LogP contribution in [-0.4, -0.2) is 30.6 Å². The van der Waals surface area contributed by atoms with Gasteiger partial charge in [0.2, 0.25) is 0 Å².